The number of aromatic nitrogens is 1. The van der Waals surface area contributed by atoms with Crippen molar-refractivity contribution in [3.63, 3.8) is 0 Å². The summed E-state index contributed by atoms with van der Waals surface area (Å²) in [5.74, 6) is -1.56. The number of primary sulfonamides is 1. The maximum atomic E-state index is 14.1. The third kappa shape index (κ3) is 4.38. The summed E-state index contributed by atoms with van der Waals surface area (Å²) in [6, 6.07) is 7.45. The van der Waals surface area contributed by atoms with Crippen molar-refractivity contribution in [1.29, 1.82) is 0 Å². The van der Waals surface area contributed by atoms with Crippen LogP contribution in [0.3, 0.4) is 0 Å². The number of likely N-dealkylation sites (N-methyl/N-ethyl adjacent to an activating group) is 1. The van der Waals surface area contributed by atoms with Gasteiger partial charge in [-0.1, -0.05) is 6.07 Å². The van der Waals surface area contributed by atoms with Gasteiger partial charge in [-0.25, -0.2) is 17.9 Å². The van der Waals surface area contributed by atoms with E-state index in [1.807, 2.05) is 0 Å². The van der Waals surface area contributed by atoms with Gasteiger partial charge < -0.3 is 9.64 Å². The van der Waals surface area contributed by atoms with Gasteiger partial charge in [-0.15, -0.1) is 0 Å². The van der Waals surface area contributed by atoms with Gasteiger partial charge in [-0.05, 0) is 30.3 Å². The van der Waals surface area contributed by atoms with Crippen molar-refractivity contribution in [2.75, 3.05) is 20.8 Å². The van der Waals surface area contributed by atoms with Gasteiger partial charge in [0.15, 0.2) is 0 Å². The highest BCUT2D eigenvalue weighted by molar-refractivity contribution is 7.89. The zero-order chi connectivity index (χ0) is 18.6. The number of ether oxygens (including phenoxy) is 1. The Hall–Kier alpha value is -2.36. The lowest BCUT2D eigenvalue weighted by Gasteiger charge is -2.27. The number of hydrogen-bond acceptors (Lipinski definition) is 5. The second-order valence-electron chi connectivity index (χ2n) is 5.33. The van der Waals surface area contributed by atoms with Crippen LogP contribution >= 0.6 is 0 Å². The van der Waals surface area contributed by atoms with Crippen LogP contribution in [0.15, 0.2) is 47.5 Å². The molecule has 7 nitrogen and oxygen atoms in total. The molecule has 0 radical (unpaired) electrons. The minimum Gasteiger partial charge on any atom is -0.382 e. The number of halogens is 1. The summed E-state index contributed by atoms with van der Waals surface area (Å²) < 4.78 is 42.1. The molecule has 2 N–H and O–H groups in total. The van der Waals surface area contributed by atoms with Gasteiger partial charge in [0.25, 0.3) is 5.91 Å². The number of amides is 1. The van der Waals surface area contributed by atoms with Gasteiger partial charge in [-0.2, -0.15) is 0 Å². The van der Waals surface area contributed by atoms with E-state index < -0.39 is 33.4 Å². The van der Waals surface area contributed by atoms with Gasteiger partial charge in [0.2, 0.25) is 10.0 Å². The molecule has 0 aliphatic heterocycles. The van der Waals surface area contributed by atoms with Crippen LogP contribution in [-0.4, -0.2) is 45.0 Å². The van der Waals surface area contributed by atoms with Crippen molar-refractivity contribution < 1.29 is 22.3 Å². The monoisotopic (exact) mass is 367 g/mol. The second kappa shape index (κ2) is 7.68. The predicted octanol–water partition coefficient (Wildman–Crippen LogP) is 1.33. The van der Waals surface area contributed by atoms with Gasteiger partial charge in [0.05, 0.1) is 28.8 Å². The number of nitrogens with zero attached hydrogens (tertiary/aromatic N) is 2. The average molecular weight is 367 g/mol. The Morgan fingerprint density at radius 1 is 1.36 bits per heavy atom. The fraction of sp³-hybridized carbons (Fsp3) is 0.250. The molecule has 0 spiro atoms. The first-order valence-electron chi connectivity index (χ1n) is 7.25. The summed E-state index contributed by atoms with van der Waals surface area (Å²) in [5, 5.41) is 5.05. The quantitative estimate of drug-likeness (QED) is 0.830. The lowest BCUT2D eigenvalue weighted by atomic mass is 10.1. The zero-order valence-electron chi connectivity index (χ0n) is 13.7. The lowest BCUT2D eigenvalue weighted by Crippen LogP contribution is -2.35. The Morgan fingerprint density at radius 3 is 2.64 bits per heavy atom. The summed E-state index contributed by atoms with van der Waals surface area (Å²) in [5.41, 5.74) is 0.161. The molecule has 1 aromatic carbocycles. The number of sulfonamides is 1. The fourth-order valence-corrected chi connectivity index (χ4v) is 2.84. The number of methoxy groups -OCH3 is 1. The number of carbonyl (C=O) groups excluding carboxylic acids is 1. The van der Waals surface area contributed by atoms with E-state index in [2.05, 4.69) is 4.98 Å². The number of hydrogen-bond donors (Lipinski definition) is 1. The summed E-state index contributed by atoms with van der Waals surface area (Å²) in [6.45, 7) is 0.135. The van der Waals surface area contributed by atoms with Crippen molar-refractivity contribution in [2.24, 2.45) is 5.14 Å². The molecule has 1 heterocycles. The molecular formula is C16H18FN3O4S. The first-order chi connectivity index (χ1) is 11.8. The molecule has 134 valence electrons. The van der Waals surface area contributed by atoms with Crippen LogP contribution in [0.4, 0.5) is 4.39 Å². The Morgan fingerprint density at radius 2 is 2.08 bits per heavy atom. The van der Waals surface area contributed by atoms with Crippen LogP contribution < -0.4 is 5.14 Å². The van der Waals surface area contributed by atoms with Crippen molar-refractivity contribution in [2.45, 2.75) is 10.9 Å². The summed E-state index contributed by atoms with van der Waals surface area (Å²) in [7, 11) is -1.13. The van der Waals surface area contributed by atoms with E-state index in [0.717, 1.165) is 18.2 Å². The SMILES string of the molecule is COC[C@H](c1ccccn1)N(C)C(=O)c1cc(S(N)(=O)=O)ccc1F. The number of carbonyl (C=O) groups is 1. The Bertz CT molecular complexity index is 859. The Balaban J connectivity index is 2.41. The molecule has 1 amide bonds. The van der Waals surface area contributed by atoms with E-state index in [0.29, 0.717) is 5.69 Å². The summed E-state index contributed by atoms with van der Waals surface area (Å²) in [4.78, 5) is 17.8. The first kappa shape index (κ1) is 19.0. The molecule has 0 fully saturated rings. The van der Waals surface area contributed by atoms with Crippen LogP contribution in [0, 0.1) is 5.82 Å². The normalized spacial score (nSPS) is 12.6. The molecule has 0 saturated carbocycles. The molecule has 2 aromatic rings. The van der Waals surface area contributed by atoms with E-state index in [1.54, 1.807) is 24.4 Å². The predicted molar refractivity (Wildman–Crippen MR) is 88.7 cm³/mol. The molecule has 0 saturated heterocycles. The number of pyridine rings is 1. The Kier molecular flexibility index (Phi) is 5.83. The highest BCUT2D eigenvalue weighted by Gasteiger charge is 2.26. The van der Waals surface area contributed by atoms with Crippen molar-refractivity contribution >= 4 is 15.9 Å². The zero-order valence-corrected chi connectivity index (χ0v) is 14.5. The van der Waals surface area contributed by atoms with Gasteiger partial charge in [-0.3, -0.25) is 9.78 Å². The summed E-state index contributed by atoms with van der Waals surface area (Å²) in [6.07, 6.45) is 1.57. The van der Waals surface area contributed by atoms with E-state index >= 15 is 0 Å². The minimum atomic E-state index is -4.06. The fourth-order valence-electron chi connectivity index (χ4n) is 2.30. The van der Waals surface area contributed by atoms with Crippen LogP contribution in [0.2, 0.25) is 0 Å². The van der Waals surface area contributed by atoms with Gasteiger partial charge >= 0.3 is 0 Å². The molecule has 9 heteroatoms. The highest BCUT2D eigenvalue weighted by atomic mass is 32.2. The Labute approximate surface area is 145 Å². The molecule has 0 aliphatic rings. The third-order valence-corrected chi connectivity index (χ3v) is 4.55. The van der Waals surface area contributed by atoms with Crippen molar-refractivity contribution in [3.8, 4) is 0 Å². The van der Waals surface area contributed by atoms with E-state index in [9.17, 15) is 17.6 Å². The first-order valence-corrected chi connectivity index (χ1v) is 8.79. The highest BCUT2D eigenvalue weighted by Crippen LogP contribution is 2.22. The topological polar surface area (TPSA) is 103 Å². The van der Waals surface area contributed by atoms with Crippen LogP contribution in [0.5, 0.6) is 0 Å². The summed E-state index contributed by atoms with van der Waals surface area (Å²) >= 11 is 0. The van der Waals surface area contributed by atoms with E-state index in [1.165, 1.54) is 19.1 Å². The molecule has 0 aliphatic carbocycles. The van der Waals surface area contributed by atoms with E-state index in [4.69, 9.17) is 9.88 Å². The van der Waals surface area contributed by atoms with Crippen molar-refractivity contribution in [3.05, 3.63) is 59.7 Å². The maximum absolute atomic E-state index is 14.1. The molecule has 1 atom stereocenters. The third-order valence-electron chi connectivity index (χ3n) is 3.64. The number of rotatable bonds is 6. The molecule has 1 aromatic heterocycles. The molecule has 0 bridgehead atoms. The molecule has 25 heavy (non-hydrogen) atoms. The van der Waals surface area contributed by atoms with Crippen LogP contribution in [-0.2, 0) is 14.8 Å². The molecule has 2 rings (SSSR count). The molecular weight excluding hydrogens is 349 g/mol. The minimum absolute atomic E-state index is 0.135. The van der Waals surface area contributed by atoms with Crippen LogP contribution in [0.1, 0.15) is 22.1 Å². The van der Waals surface area contributed by atoms with E-state index in [-0.39, 0.29) is 11.5 Å². The standard InChI is InChI=1S/C16H18FN3O4S/c1-20(15(10-24-2)14-5-3-4-8-19-14)16(21)12-9-11(25(18,22)23)6-7-13(12)17/h3-9,15H,10H2,1-2H3,(H2,18,22,23)/t15-/m1/s1. The second-order valence-corrected chi connectivity index (χ2v) is 6.89. The average Bonchev–Trinajstić information content (AvgIpc) is 2.58. The lowest BCUT2D eigenvalue weighted by molar-refractivity contribution is 0.0590. The van der Waals surface area contributed by atoms with Gasteiger partial charge in [0.1, 0.15) is 5.82 Å². The number of benzene rings is 1. The largest absolute Gasteiger partial charge is 0.382 e. The number of nitrogens with two attached hydrogens (primary N) is 1. The maximum Gasteiger partial charge on any atom is 0.257 e. The van der Waals surface area contributed by atoms with Crippen LogP contribution in [0.25, 0.3) is 0 Å². The smallest absolute Gasteiger partial charge is 0.257 e. The molecule has 0 unspecified atom stereocenters. The van der Waals surface area contributed by atoms with Crippen molar-refractivity contribution in [1.82, 2.24) is 9.88 Å². The van der Waals surface area contributed by atoms with Gasteiger partial charge in [0, 0.05) is 20.4 Å².